The molecule has 378 valence electrons. The highest BCUT2D eigenvalue weighted by Crippen LogP contribution is 2.42. The van der Waals surface area contributed by atoms with Gasteiger partial charge in [0, 0.05) is 65.8 Å². The Hall–Kier alpha value is -11.0. The number of aromatic nitrogens is 6. The van der Waals surface area contributed by atoms with Gasteiger partial charge in [-0.3, -0.25) is 0 Å². The van der Waals surface area contributed by atoms with Crippen LogP contribution in [-0.2, 0) is 0 Å². The topological polar surface area (TPSA) is 53.5 Å². The lowest BCUT2D eigenvalue weighted by molar-refractivity contribution is 1.07. The lowest BCUT2D eigenvalue weighted by atomic mass is 9.96. The summed E-state index contributed by atoms with van der Waals surface area (Å²) in [5.41, 5.74) is 19.2. The van der Waals surface area contributed by atoms with Gasteiger partial charge in [-0.15, -0.1) is 0 Å². The first-order valence-corrected chi connectivity index (χ1v) is 27.5. The highest BCUT2D eigenvalue weighted by molar-refractivity contribution is 6.12. The van der Waals surface area contributed by atoms with Crippen molar-refractivity contribution in [1.82, 2.24) is 28.7 Å². The highest BCUT2D eigenvalue weighted by Gasteiger charge is 2.22. The first-order chi connectivity index (χ1) is 40.2. The van der Waals surface area contributed by atoms with Gasteiger partial charge in [0.05, 0.1) is 44.5 Å². The Morgan fingerprint density at radius 2 is 0.519 bits per heavy atom. The molecule has 6 heteroatoms. The standard InChI is InChI=1S/C75H48N6/c1-3-21-49(22-4-1)51-41-43-72(81-69-39-17-11-33-61(69)62-34-12-18-40-70(62)81)64(47-51)52-25-19-26-53(45-52)73-76-74(54-27-20-28-56(46-54)79-65-35-13-7-29-57(65)58-30-8-14-36-66(58)79)78-75(77-73)55-42-44-71(63(48-55)50-23-5-2-6-24-50)80-67-37-15-9-31-59(67)60-32-10-16-38-68(60)80/h1-48H. The quantitative estimate of drug-likeness (QED) is 0.145. The molecule has 0 aliphatic heterocycles. The van der Waals surface area contributed by atoms with Gasteiger partial charge in [0.25, 0.3) is 0 Å². The van der Waals surface area contributed by atoms with Gasteiger partial charge in [0.15, 0.2) is 17.5 Å². The first kappa shape index (κ1) is 46.2. The summed E-state index contributed by atoms with van der Waals surface area (Å²) >= 11 is 0. The Balaban J connectivity index is 0.916. The molecule has 0 fully saturated rings. The molecule has 0 aliphatic carbocycles. The smallest absolute Gasteiger partial charge is 0.164 e. The molecular formula is C75H48N6. The largest absolute Gasteiger partial charge is 0.309 e. The van der Waals surface area contributed by atoms with Crippen LogP contribution in [0.2, 0.25) is 0 Å². The van der Waals surface area contributed by atoms with E-state index >= 15 is 0 Å². The summed E-state index contributed by atoms with van der Waals surface area (Å²) in [6.07, 6.45) is 0. The molecular weight excluding hydrogens is 985 g/mol. The van der Waals surface area contributed by atoms with E-state index in [1.54, 1.807) is 0 Å². The Bertz CT molecular complexity index is 4960. The molecule has 12 aromatic carbocycles. The fourth-order valence-corrected chi connectivity index (χ4v) is 12.4. The first-order valence-electron chi connectivity index (χ1n) is 27.5. The molecule has 4 aromatic heterocycles. The van der Waals surface area contributed by atoms with Gasteiger partial charge in [0.1, 0.15) is 0 Å². The Morgan fingerprint density at radius 1 is 0.198 bits per heavy atom. The third-order valence-electron chi connectivity index (χ3n) is 16.1. The molecule has 0 radical (unpaired) electrons. The van der Waals surface area contributed by atoms with Gasteiger partial charge >= 0.3 is 0 Å². The fraction of sp³-hybridized carbons (Fsp3) is 0. The maximum Gasteiger partial charge on any atom is 0.164 e. The van der Waals surface area contributed by atoms with Crippen molar-refractivity contribution in [1.29, 1.82) is 0 Å². The van der Waals surface area contributed by atoms with Gasteiger partial charge in [0.2, 0.25) is 0 Å². The number of hydrogen-bond acceptors (Lipinski definition) is 3. The molecule has 6 nitrogen and oxygen atoms in total. The molecule has 0 unspecified atom stereocenters. The van der Waals surface area contributed by atoms with Crippen molar-refractivity contribution in [2.45, 2.75) is 0 Å². The van der Waals surface area contributed by atoms with Gasteiger partial charge < -0.3 is 13.7 Å². The van der Waals surface area contributed by atoms with E-state index in [-0.39, 0.29) is 0 Å². The number of nitrogens with zero attached hydrogens (tertiary/aromatic N) is 6. The third kappa shape index (κ3) is 7.68. The Morgan fingerprint density at radius 3 is 0.988 bits per heavy atom. The highest BCUT2D eigenvalue weighted by atomic mass is 15.0. The predicted octanol–water partition coefficient (Wildman–Crippen LogP) is 19.2. The minimum atomic E-state index is 0.574. The second-order valence-electron chi connectivity index (χ2n) is 20.7. The predicted molar refractivity (Wildman–Crippen MR) is 335 cm³/mol. The fourth-order valence-electron chi connectivity index (χ4n) is 12.4. The Kier molecular flexibility index (Phi) is 10.8. The summed E-state index contributed by atoms with van der Waals surface area (Å²) in [6, 6.07) is 104. The zero-order valence-electron chi connectivity index (χ0n) is 43.9. The molecule has 0 N–H and O–H groups in total. The van der Waals surface area contributed by atoms with Gasteiger partial charge in [-0.05, 0) is 107 Å². The summed E-state index contributed by atoms with van der Waals surface area (Å²) in [4.78, 5) is 16.4. The zero-order chi connectivity index (χ0) is 53.4. The molecule has 0 saturated carbocycles. The summed E-state index contributed by atoms with van der Waals surface area (Å²) in [6.45, 7) is 0. The van der Waals surface area contributed by atoms with Crippen LogP contribution in [0.15, 0.2) is 291 Å². The van der Waals surface area contributed by atoms with Crippen molar-refractivity contribution in [2.75, 3.05) is 0 Å². The van der Waals surface area contributed by atoms with Crippen LogP contribution in [-0.4, -0.2) is 28.7 Å². The number of rotatable bonds is 9. The van der Waals surface area contributed by atoms with Gasteiger partial charge in [-0.2, -0.15) is 0 Å². The van der Waals surface area contributed by atoms with Crippen LogP contribution in [0.4, 0.5) is 0 Å². The average Bonchev–Trinajstić information content (AvgIpc) is 4.32. The maximum absolute atomic E-state index is 5.50. The minimum absolute atomic E-state index is 0.574. The van der Waals surface area contributed by atoms with Crippen LogP contribution in [0.25, 0.3) is 150 Å². The van der Waals surface area contributed by atoms with Crippen molar-refractivity contribution < 1.29 is 0 Å². The van der Waals surface area contributed by atoms with Crippen LogP contribution >= 0.6 is 0 Å². The van der Waals surface area contributed by atoms with E-state index in [0.29, 0.717) is 17.5 Å². The second kappa shape index (κ2) is 18.9. The van der Waals surface area contributed by atoms with Crippen molar-refractivity contribution >= 4 is 65.4 Å². The van der Waals surface area contributed by atoms with Crippen molar-refractivity contribution in [2.24, 2.45) is 0 Å². The molecule has 0 saturated heterocycles. The molecule has 0 amide bonds. The lowest BCUT2D eigenvalue weighted by Crippen LogP contribution is -2.03. The normalized spacial score (nSPS) is 11.7. The monoisotopic (exact) mass is 1030 g/mol. The molecule has 0 aliphatic rings. The summed E-state index contributed by atoms with van der Waals surface area (Å²) < 4.78 is 7.16. The van der Waals surface area contributed by atoms with Crippen LogP contribution in [0.3, 0.4) is 0 Å². The SMILES string of the molecule is c1ccc(-c2ccc(-n3c4ccccc4c4ccccc43)c(-c3cccc(-c4nc(-c5cccc(-n6c7ccccc7c7ccccc76)c5)nc(-c5ccc(-n6c7ccccc7c7ccccc76)c(-c6ccccc6)c5)n4)c3)c2)cc1. The van der Waals surface area contributed by atoms with Gasteiger partial charge in [-0.25, -0.2) is 15.0 Å². The van der Waals surface area contributed by atoms with E-state index in [4.69, 9.17) is 15.0 Å². The molecule has 4 heterocycles. The molecule has 81 heavy (non-hydrogen) atoms. The maximum atomic E-state index is 5.50. The van der Waals surface area contributed by atoms with E-state index in [1.807, 2.05) is 0 Å². The number of fused-ring (bicyclic) bond motifs is 9. The third-order valence-corrected chi connectivity index (χ3v) is 16.1. The Labute approximate surface area is 467 Å². The van der Waals surface area contributed by atoms with E-state index < -0.39 is 0 Å². The van der Waals surface area contributed by atoms with E-state index in [0.717, 1.165) is 100 Å². The van der Waals surface area contributed by atoms with E-state index in [9.17, 15) is 0 Å². The number of para-hydroxylation sites is 6. The van der Waals surface area contributed by atoms with Crippen LogP contribution < -0.4 is 0 Å². The molecule has 16 rings (SSSR count). The average molecular weight is 1030 g/mol. The van der Waals surface area contributed by atoms with E-state index in [2.05, 4.69) is 305 Å². The minimum Gasteiger partial charge on any atom is -0.309 e. The number of benzene rings is 12. The van der Waals surface area contributed by atoms with Crippen LogP contribution in [0, 0.1) is 0 Å². The zero-order valence-corrected chi connectivity index (χ0v) is 43.9. The summed E-state index contributed by atoms with van der Waals surface area (Å²) in [7, 11) is 0. The molecule has 0 spiro atoms. The lowest BCUT2D eigenvalue weighted by Gasteiger charge is -2.17. The number of hydrogen-bond donors (Lipinski definition) is 0. The van der Waals surface area contributed by atoms with Gasteiger partial charge in [-0.1, -0.05) is 206 Å². The summed E-state index contributed by atoms with van der Waals surface area (Å²) in [5, 5.41) is 7.26. The van der Waals surface area contributed by atoms with Crippen molar-refractivity contribution in [3.63, 3.8) is 0 Å². The molecule has 0 bridgehead atoms. The van der Waals surface area contributed by atoms with Crippen LogP contribution in [0.5, 0.6) is 0 Å². The van der Waals surface area contributed by atoms with Crippen LogP contribution in [0.1, 0.15) is 0 Å². The molecule has 16 aromatic rings. The van der Waals surface area contributed by atoms with Crippen molar-refractivity contribution in [3.05, 3.63) is 291 Å². The van der Waals surface area contributed by atoms with E-state index in [1.165, 1.54) is 32.3 Å². The second-order valence-corrected chi connectivity index (χ2v) is 20.7. The molecule has 0 atom stereocenters. The van der Waals surface area contributed by atoms with Crippen molar-refractivity contribution in [3.8, 4) is 84.6 Å². The summed E-state index contributed by atoms with van der Waals surface area (Å²) in [5.74, 6) is 1.72.